The Morgan fingerprint density at radius 1 is 1.11 bits per heavy atom. The van der Waals surface area contributed by atoms with Crippen molar-refractivity contribution in [2.45, 2.75) is 45.6 Å². The molecule has 1 aliphatic heterocycles. The number of nitrogens with zero attached hydrogens (tertiary/aromatic N) is 7. The molecular weight excluding hydrogens is 499 g/mol. The van der Waals surface area contributed by atoms with E-state index >= 15 is 0 Å². The Morgan fingerprint density at radius 3 is 2.53 bits per heavy atom. The molecule has 3 N–H and O–H groups in total. The van der Waals surface area contributed by atoms with Crippen molar-refractivity contribution in [1.29, 1.82) is 5.26 Å². The van der Waals surface area contributed by atoms with Crippen LogP contribution in [-0.4, -0.2) is 50.4 Å². The molecule has 0 amide bonds. The van der Waals surface area contributed by atoms with Crippen LogP contribution in [0.5, 0.6) is 0 Å². The fourth-order valence-corrected chi connectivity index (χ4v) is 4.39. The van der Waals surface area contributed by atoms with Gasteiger partial charge in [-0.1, -0.05) is 0 Å². The van der Waals surface area contributed by atoms with Crippen molar-refractivity contribution in [1.82, 2.24) is 30.0 Å². The summed E-state index contributed by atoms with van der Waals surface area (Å²) in [7, 11) is 1.92. The van der Waals surface area contributed by atoms with E-state index in [1.165, 1.54) is 0 Å². The molecule has 10 nitrogen and oxygen atoms in total. The minimum absolute atomic E-state index is 0. The first-order valence-electron chi connectivity index (χ1n) is 11.7. The number of nitriles is 1. The zero-order valence-electron chi connectivity index (χ0n) is 20.9. The Labute approximate surface area is 223 Å². The van der Waals surface area contributed by atoms with Crippen LogP contribution in [-0.2, 0) is 7.05 Å². The molecule has 0 aromatic carbocycles. The van der Waals surface area contributed by atoms with Gasteiger partial charge in [0.25, 0.3) is 0 Å². The van der Waals surface area contributed by atoms with E-state index in [1.807, 2.05) is 43.9 Å². The van der Waals surface area contributed by atoms with Gasteiger partial charge in [0.15, 0.2) is 11.6 Å². The lowest BCUT2D eigenvalue weighted by Crippen LogP contribution is -2.49. The number of aromatic nitrogens is 5. The SMILES string of the molecule is Cc1nc(Nc2ncc(N3CCN[C@H](C)C3)c(Nc3cc(C)n(C)n3)n2)cc(C2CC2)c1C#N.Cl.Cl. The average Bonchev–Trinajstić information content (AvgIpc) is 3.59. The Balaban J connectivity index is 0.00000180. The molecule has 5 rings (SSSR count). The zero-order chi connectivity index (χ0) is 23.8. The first kappa shape index (κ1) is 27.5. The van der Waals surface area contributed by atoms with Crippen LogP contribution < -0.4 is 20.9 Å². The molecule has 1 saturated heterocycles. The van der Waals surface area contributed by atoms with Crippen molar-refractivity contribution >= 4 is 53.9 Å². The second kappa shape index (κ2) is 11.3. The lowest BCUT2D eigenvalue weighted by atomic mass is 10.0. The summed E-state index contributed by atoms with van der Waals surface area (Å²) in [5.74, 6) is 2.97. The van der Waals surface area contributed by atoms with Crippen molar-refractivity contribution in [2.75, 3.05) is 35.2 Å². The number of anilines is 5. The van der Waals surface area contributed by atoms with Crippen molar-refractivity contribution < 1.29 is 0 Å². The Kier molecular flexibility index (Phi) is 8.61. The molecule has 1 aliphatic carbocycles. The standard InChI is InChI=1S/C24H30N10.2ClH/c1-14-13-34(8-7-26-14)20-12-27-24(31-23(20)29-22-9-15(2)33(4)32-22)30-21-10-18(17-5-6-17)19(11-25)16(3)28-21;;/h9-10,12,14,17,26H,5-8,13H2,1-4H3,(H2,27,28,29,30,31,32);2*1H/t14-;;/m1../s1. The van der Waals surface area contributed by atoms with Crippen molar-refractivity contribution in [3.63, 3.8) is 0 Å². The fraction of sp³-hybridized carbons (Fsp3) is 0.458. The molecule has 2 aliphatic rings. The summed E-state index contributed by atoms with van der Waals surface area (Å²) in [5.41, 5.74) is 4.46. The van der Waals surface area contributed by atoms with E-state index in [4.69, 9.17) is 4.98 Å². The summed E-state index contributed by atoms with van der Waals surface area (Å²) < 4.78 is 1.83. The first-order valence-corrected chi connectivity index (χ1v) is 11.7. The van der Waals surface area contributed by atoms with E-state index in [1.54, 1.807) is 0 Å². The van der Waals surface area contributed by atoms with Crippen LogP contribution >= 0.6 is 24.8 Å². The summed E-state index contributed by atoms with van der Waals surface area (Å²) in [5, 5.41) is 24.2. The van der Waals surface area contributed by atoms with Crippen molar-refractivity contribution in [3.8, 4) is 6.07 Å². The highest BCUT2D eigenvalue weighted by Gasteiger charge is 2.28. The minimum Gasteiger partial charge on any atom is -0.364 e. The highest BCUT2D eigenvalue weighted by molar-refractivity contribution is 5.85. The van der Waals surface area contributed by atoms with Gasteiger partial charge in [0.2, 0.25) is 5.95 Å². The van der Waals surface area contributed by atoms with Gasteiger partial charge in [-0.15, -0.1) is 24.8 Å². The molecule has 4 heterocycles. The van der Waals surface area contributed by atoms with Gasteiger partial charge in [-0.25, -0.2) is 9.97 Å². The van der Waals surface area contributed by atoms with Crippen molar-refractivity contribution in [3.05, 3.63) is 40.8 Å². The van der Waals surface area contributed by atoms with Gasteiger partial charge in [0, 0.05) is 44.5 Å². The number of hydrogen-bond acceptors (Lipinski definition) is 9. The summed E-state index contributed by atoms with van der Waals surface area (Å²) >= 11 is 0. The molecule has 2 fully saturated rings. The summed E-state index contributed by atoms with van der Waals surface area (Å²) in [4.78, 5) is 16.3. The highest BCUT2D eigenvalue weighted by atomic mass is 35.5. The molecule has 36 heavy (non-hydrogen) atoms. The van der Waals surface area contributed by atoms with Crippen molar-refractivity contribution in [2.24, 2.45) is 7.05 Å². The molecule has 3 aromatic rings. The molecule has 1 saturated carbocycles. The second-order valence-electron chi connectivity index (χ2n) is 9.22. The third-order valence-corrected chi connectivity index (χ3v) is 6.44. The maximum Gasteiger partial charge on any atom is 0.230 e. The van der Waals surface area contributed by atoms with E-state index in [0.29, 0.717) is 35.1 Å². The van der Waals surface area contributed by atoms with E-state index in [2.05, 4.69) is 48.9 Å². The number of pyridine rings is 1. The van der Waals surface area contributed by atoms with Gasteiger partial charge in [-0.2, -0.15) is 15.3 Å². The summed E-state index contributed by atoms with van der Waals surface area (Å²) in [6, 6.07) is 6.65. The number of hydrogen-bond donors (Lipinski definition) is 3. The van der Waals surface area contributed by atoms with E-state index in [-0.39, 0.29) is 24.8 Å². The summed E-state index contributed by atoms with van der Waals surface area (Å²) in [6.45, 7) is 8.71. The third-order valence-electron chi connectivity index (χ3n) is 6.44. The van der Waals surface area contributed by atoms with Gasteiger partial charge in [0.1, 0.15) is 11.9 Å². The molecule has 192 valence electrons. The molecule has 12 heteroatoms. The van der Waals surface area contributed by atoms with Gasteiger partial charge in [-0.05, 0) is 51.2 Å². The molecule has 0 unspecified atom stereocenters. The van der Waals surface area contributed by atoms with Gasteiger partial charge < -0.3 is 20.9 Å². The summed E-state index contributed by atoms with van der Waals surface area (Å²) in [6.07, 6.45) is 4.08. The molecular formula is C24H32Cl2N10. The van der Waals surface area contributed by atoms with Crippen LogP contribution in [0.2, 0.25) is 0 Å². The predicted molar refractivity (Wildman–Crippen MR) is 146 cm³/mol. The first-order chi connectivity index (χ1) is 16.4. The number of halogens is 2. The number of nitrogens with one attached hydrogen (secondary N) is 3. The number of aryl methyl sites for hydroxylation is 3. The van der Waals surface area contributed by atoms with Crippen LogP contribution in [0, 0.1) is 25.2 Å². The Hall–Kier alpha value is -3.13. The molecule has 0 bridgehead atoms. The van der Waals surface area contributed by atoms with Crippen LogP contribution in [0.4, 0.5) is 29.1 Å². The third kappa shape index (κ3) is 5.81. The van der Waals surface area contributed by atoms with E-state index in [9.17, 15) is 5.26 Å². The monoisotopic (exact) mass is 530 g/mol. The van der Waals surface area contributed by atoms with Crippen LogP contribution in [0.1, 0.15) is 48.2 Å². The minimum atomic E-state index is 0. The topological polar surface area (TPSA) is 120 Å². The lowest BCUT2D eigenvalue weighted by Gasteiger charge is -2.34. The van der Waals surface area contributed by atoms with Crippen LogP contribution in [0.25, 0.3) is 0 Å². The Morgan fingerprint density at radius 2 is 1.89 bits per heavy atom. The number of piperazine rings is 1. The average molecular weight is 531 g/mol. The van der Waals surface area contributed by atoms with Crippen LogP contribution in [0.15, 0.2) is 18.3 Å². The molecule has 0 spiro atoms. The highest BCUT2D eigenvalue weighted by Crippen LogP contribution is 2.43. The smallest absolute Gasteiger partial charge is 0.230 e. The maximum absolute atomic E-state index is 9.57. The fourth-order valence-electron chi connectivity index (χ4n) is 4.39. The van der Waals surface area contributed by atoms with E-state index < -0.39 is 0 Å². The number of rotatable bonds is 6. The Bertz CT molecular complexity index is 1250. The normalized spacial score (nSPS) is 17.0. The lowest BCUT2D eigenvalue weighted by molar-refractivity contribution is 0.484. The maximum atomic E-state index is 9.57. The van der Waals surface area contributed by atoms with Gasteiger partial charge >= 0.3 is 0 Å². The van der Waals surface area contributed by atoms with Crippen LogP contribution in [0.3, 0.4) is 0 Å². The molecule has 0 radical (unpaired) electrons. The molecule has 1 atom stereocenters. The largest absolute Gasteiger partial charge is 0.364 e. The van der Waals surface area contributed by atoms with Gasteiger partial charge in [0.05, 0.1) is 23.1 Å². The predicted octanol–water partition coefficient (Wildman–Crippen LogP) is 4.10. The van der Waals surface area contributed by atoms with E-state index in [0.717, 1.165) is 60.9 Å². The van der Waals surface area contributed by atoms with Gasteiger partial charge in [-0.3, -0.25) is 4.68 Å². The second-order valence-corrected chi connectivity index (χ2v) is 9.22. The zero-order valence-corrected chi connectivity index (χ0v) is 22.5. The molecule has 3 aromatic heterocycles. The quantitative estimate of drug-likeness (QED) is 0.432.